The molecule has 1 fully saturated rings. The molecule has 0 aliphatic carbocycles. The topological polar surface area (TPSA) is 69.7 Å². The van der Waals surface area contributed by atoms with Gasteiger partial charge in [-0.1, -0.05) is 18.5 Å². The molecule has 1 N–H and O–H groups in total. The van der Waals surface area contributed by atoms with E-state index in [4.69, 9.17) is 11.6 Å². The van der Waals surface area contributed by atoms with Gasteiger partial charge in [0.2, 0.25) is 10.0 Å². The number of benzene rings is 1. The first-order valence-corrected chi connectivity index (χ1v) is 10.3. The van der Waals surface area contributed by atoms with E-state index in [1.54, 1.807) is 18.7 Å². The predicted octanol–water partition coefficient (Wildman–Crippen LogP) is 2.19. The summed E-state index contributed by atoms with van der Waals surface area (Å²) in [5.74, 6) is -0.224. The van der Waals surface area contributed by atoms with Crippen LogP contribution in [0.15, 0.2) is 23.1 Å². The number of sulfonamides is 1. The minimum Gasteiger partial charge on any atom is -0.337 e. The SMILES string of the molecule is CCN(C)C1CCN(C(=O)c2cc(S(=O)(=O)NC(C)C)ccc2Cl)C1. The molecule has 1 aromatic rings. The van der Waals surface area contributed by atoms with Gasteiger partial charge in [0.15, 0.2) is 0 Å². The molecule has 0 spiro atoms. The van der Waals surface area contributed by atoms with Crippen LogP contribution in [0.25, 0.3) is 0 Å². The standard InChI is InChI=1S/C17H26ClN3O3S/c1-5-20(4)13-8-9-21(11-13)17(22)15-10-14(6-7-16(15)18)25(23,24)19-12(2)3/h6-7,10,12-13,19H,5,8-9,11H2,1-4H3. The van der Waals surface area contributed by atoms with E-state index in [2.05, 4.69) is 16.5 Å². The molecule has 1 aliphatic rings. The quantitative estimate of drug-likeness (QED) is 0.812. The van der Waals surface area contributed by atoms with Crippen molar-refractivity contribution in [2.45, 2.75) is 44.2 Å². The Kier molecular flexibility index (Phi) is 6.48. The molecular formula is C17H26ClN3O3S. The molecule has 0 saturated carbocycles. The molecule has 140 valence electrons. The van der Waals surface area contributed by atoms with Crippen molar-refractivity contribution in [3.63, 3.8) is 0 Å². The summed E-state index contributed by atoms with van der Waals surface area (Å²) in [5, 5.41) is 0.265. The zero-order chi connectivity index (χ0) is 18.8. The first kappa shape index (κ1) is 20.2. The smallest absolute Gasteiger partial charge is 0.255 e. The Balaban J connectivity index is 2.25. The summed E-state index contributed by atoms with van der Waals surface area (Å²) in [6.07, 6.45) is 0.903. The number of rotatable bonds is 6. The van der Waals surface area contributed by atoms with E-state index < -0.39 is 10.0 Å². The highest BCUT2D eigenvalue weighted by molar-refractivity contribution is 7.89. The van der Waals surface area contributed by atoms with Gasteiger partial charge in [-0.15, -0.1) is 0 Å². The zero-order valence-electron chi connectivity index (χ0n) is 15.1. The lowest BCUT2D eigenvalue weighted by Crippen LogP contribution is -2.36. The van der Waals surface area contributed by atoms with Gasteiger partial charge < -0.3 is 9.80 Å². The molecule has 1 atom stereocenters. The first-order valence-electron chi connectivity index (χ1n) is 8.47. The Morgan fingerprint density at radius 3 is 2.72 bits per heavy atom. The highest BCUT2D eigenvalue weighted by atomic mass is 35.5. The summed E-state index contributed by atoms with van der Waals surface area (Å²) in [6.45, 7) is 7.76. The van der Waals surface area contributed by atoms with Gasteiger partial charge in [-0.2, -0.15) is 0 Å². The molecule has 1 heterocycles. The molecule has 6 nitrogen and oxygen atoms in total. The third-order valence-corrected chi connectivity index (χ3v) is 6.43. The highest BCUT2D eigenvalue weighted by Gasteiger charge is 2.30. The van der Waals surface area contributed by atoms with Crippen molar-refractivity contribution in [3.8, 4) is 0 Å². The van der Waals surface area contributed by atoms with Gasteiger partial charge in [0.05, 0.1) is 15.5 Å². The van der Waals surface area contributed by atoms with Crippen LogP contribution in [0.4, 0.5) is 0 Å². The average molecular weight is 388 g/mol. The van der Waals surface area contributed by atoms with Gasteiger partial charge in [-0.25, -0.2) is 13.1 Å². The number of amides is 1. The maximum atomic E-state index is 12.8. The third-order valence-electron chi connectivity index (χ3n) is 4.44. The lowest BCUT2D eigenvalue weighted by atomic mass is 10.2. The number of hydrogen-bond donors (Lipinski definition) is 1. The zero-order valence-corrected chi connectivity index (χ0v) is 16.7. The second-order valence-electron chi connectivity index (χ2n) is 6.68. The van der Waals surface area contributed by atoms with Crippen LogP contribution < -0.4 is 4.72 Å². The Labute approximate surface area is 155 Å². The maximum absolute atomic E-state index is 12.8. The summed E-state index contributed by atoms with van der Waals surface area (Å²) in [7, 11) is -1.63. The lowest BCUT2D eigenvalue weighted by molar-refractivity contribution is 0.0781. The van der Waals surface area contributed by atoms with Gasteiger partial charge in [0, 0.05) is 25.2 Å². The molecule has 25 heavy (non-hydrogen) atoms. The molecular weight excluding hydrogens is 362 g/mol. The van der Waals surface area contributed by atoms with E-state index in [9.17, 15) is 13.2 Å². The summed E-state index contributed by atoms with van der Waals surface area (Å²) in [6, 6.07) is 4.34. The van der Waals surface area contributed by atoms with Gasteiger partial charge in [-0.3, -0.25) is 4.79 Å². The van der Waals surface area contributed by atoms with Crippen molar-refractivity contribution >= 4 is 27.5 Å². The van der Waals surface area contributed by atoms with E-state index in [1.807, 2.05) is 7.05 Å². The van der Waals surface area contributed by atoms with Crippen LogP contribution in [0.3, 0.4) is 0 Å². The molecule has 1 aromatic carbocycles. The lowest BCUT2D eigenvalue weighted by Gasteiger charge is -2.23. The molecule has 0 radical (unpaired) electrons. The minimum absolute atomic E-state index is 0.0513. The van der Waals surface area contributed by atoms with Crippen molar-refractivity contribution in [3.05, 3.63) is 28.8 Å². The minimum atomic E-state index is -3.67. The predicted molar refractivity (Wildman–Crippen MR) is 99.5 cm³/mol. The molecule has 1 saturated heterocycles. The summed E-state index contributed by atoms with van der Waals surface area (Å²) in [4.78, 5) is 16.8. The van der Waals surface area contributed by atoms with Crippen LogP contribution in [0.5, 0.6) is 0 Å². The fraction of sp³-hybridized carbons (Fsp3) is 0.588. The van der Waals surface area contributed by atoms with Gasteiger partial charge in [-0.05, 0) is 52.1 Å². The van der Waals surface area contributed by atoms with E-state index >= 15 is 0 Å². The summed E-state index contributed by atoms with van der Waals surface area (Å²) >= 11 is 6.18. The van der Waals surface area contributed by atoms with E-state index in [0.29, 0.717) is 19.1 Å². The maximum Gasteiger partial charge on any atom is 0.255 e. The van der Waals surface area contributed by atoms with Crippen molar-refractivity contribution < 1.29 is 13.2 Å². The Bertz CT molecular complexity index is 737. The Morgan fingerprint density at radius 2 is 2.12 bits per heavy atom. The number of carbonyl (C=O) groups excluding carboxylic acids is 1. The number of carbonyl (C=O) groups is 1. The Hall–Kier alpha value is -1.15. The monoisotopic (exact) mass is 387 g/mol. The molecule has 2 rings (SSSR count). The van der Waals surface area contributed by atoms with Crippen LogP contribution in [-0.4, -0.2) is 62.9 Å². The molecule has 1 aliphatic heterocycles. The number of nitrogens with one attached hydrogen (secondary N) is 1. The van der Waals surface area contributed by atoms with Crippen LogP contribution >= 0.6 is 11.6 Å². The van der Waals surface area contributed by atoms with Crippen LogP contribution in [0.2, 0.25) is 5.02 Å². The molecule has 0 aromatic heterocycles. The van der Waals surface area contributed by atoms with Crippen LogP contribution in [0.1, 0.15) is 37.6 Å². The number of nitrogens with zero attached hydrogens (tertiary/aromatic N) is 2. The summed E-state index contributed by atoms with van der Waals surface area (Å²) < 4.78 is 27.2. The van der Waals surface area contributed by atoms with Crippen molar-refractivity contribution in [2.75, 3.05) is 26.7 Å². The van der Waals surface area contributed by atoms with E-state index in [-0.39, 0.29) is 27.4 Å². The van der Waals surface area contributed by atoms with E-state index in [1.165, 1.54) is 18.2 Å². The molecule has 1 amide bonds. The second kappa shape index (κ2) is 8.03. The number of halogens is 1. The van der Waals surface area contributed by atoms with E-state index in [0.717, 1.165) is 13.0 Å². The van der Waals surface area contributed by atoms with Gasteiger partial charge in [0.1, 0.15) is 0 Å². The fourth-order valence-corrected chi connectivity index (χ4v) is 4.40. The fourth-order valence-electron chi connectivity index (χ4n) is 2.93. The molecule has 1 unspecified atom stereocenters. The van der Waals surface area contributed by atoms with Crippen molar-refractivity contribution in [2.24, 2.45) is 0 Å². The highest BCUT2D eigenvalue weighted by Crippen LogP contribution is 2.24. The van der Waals surface area contributed by atoms with Crippen molar-refractivity contribution in [1.29, 1.82) is 0 Å². The number of hydrogen-bond acceptors (Lipinski definition) is 4. The Morgan fingerprint density at radius 1 is 1.44 bits per heavy atom. The molecule has 8 heteroatoms. The first-order chi connectivity index (χ1) is 11.7. The largest absolute Gasteiger partial charge is 0.337 e. The van der Waals surface area contributed by atoms with Gasteiger partial charge >= 0.3 is 0 Å². The average Bonchev–Trinajstić information content (AvgIpc) is 3.02. The second-order valence-corrected chi connectivity index (χ2v) is 8.81. The number of likely N-dealkylation sites (N-methyl/N-ethyl adjacent to an activating group) is 1. The molecule has 0 bridgehead atoms. The van der Waals surface area contributed by atoms with Crippen molar-refractivity contribution in [1.82, 2.24) is 14.5 Å². The summed E-state index contributed by atoms with van der Waals surface area (Å²) in [5.41, 5.74) is 0.230. The normalized spacial score (nSPS) is 18.4. The van der Waals surface area contributed by atoms with Gasteiger partial charge in [0.25, 0.3) is 5.91 Å². The number of likely N-dealkylation sites (tertiary alicyclic amines) is 1. The van der Waals surface area contributed by atoms with Crippen LogP contribution in [-0.2, 0) is 10.0 Å². The van der Waals surface area contributed by atoms with Crippen LogP contribution in [0, 0.1) is 0 Å². The third kappa shape index (κ3) is 4.73.